The van der Waals surface area contributed by atoms with Crippen LogP contribution in [0.5, 0.6) is 0 Å². The molecule has 3 aliphatic rings. The molecule has 2 saturated carbocycles. The van der Waals surface area contributed by atoms with Gasteiger partial charge in [0.25, 0.3) is 5.92 Å². The average Bonchev–Trinajstić information content (AvgIpc) is 3.61. The Morgan fingerprint density at radius 2 is 1.68 bits per heavy atom. The number of carbonyl (C=O) groups excluding carboxylic acids is 2. The zero-order valence-corrected chi connectivity index (χ0v) is 31.7. The molecule has 4 aromatic rings. The minimum Gasteiger partial charge on any atom is -0.444 e. The normalized spacial score (nSPS) is 21.5. The van der Waals surface area contributed by atoms with Crippen molar-refractivity contribution in [3.8, 4) is 11.1 Å². The first-order valence-corrected chi connectivity index (χ1v) is 18.3. The van der Waals surface area contributed by atoms with E-state index in [-0.39, 0.29) is 50.5 Å². The predicted molar refractivity (Wildman–Crippen MR) is 193 cm³/mol. The van der Waals surface area contributed by atoms with Crippen LogP contribution in [0.25, 0.3) is 22.0 Å². The molecule has 0 bridgehead atoms. The fraction of sp³-hybridized carbons (Fsp3) is 0.432. The molecule has 7 rings (SSSR count). The van der Waals surface area contributed by atoms with Gasteiger partial charge >= 0.3 is 18.4 Å². The molecule has 0 radical (unpaired) electrons. The summed E-state index contributed by atoms with van der Waals surface area (Å²) in [6, 6.07) is 3.71. The van der Waals surface area contributed by atoms with E-state index in [1.54, 1.807) is 20.8 Å². The number of amides is 2. The minimum atomic E-state index is -5.09. The predicted octanol–water partition coefficient (Wildman–Crippen LogP) is 8.43. The van der Waals surface area contributed by atoms with Crippen molar-refractivity contribution >= 4 is 51.9 Å². The number of ether oxygens (including phenoxy) is 1. The summed E-state index contributed by atoms with van der Waals surface area (Å²) in [6.45, 7) is 1.90. The number of fused-ring (bicyclic) bond motifs is 4. The van der Waals surface area contributed by atoms with Crippen molar-refractivity contribution in [1.29, 1.82) is 0 Å². The molecule has 0 saturated heterocycles. The molecule has 59 heavy (non-hydrogen) atoms. The highest BCUT2D eigenvalue weighted by molar-refractivity contribution is 6.37. The molecule has 2 amide bonds. The van der Waals surface area contributed by atoms with Crippen LogP contribution in [-0.2, 0) is 22.5 Å². The summed E-state index contributed by atoms with van der Waals surface area (Å²) < 4.78 is 150. The number of carbonyl (C=O) groups is 2. The van der Waals surface area contributed by atoms with E-state index in [2.05, 4.69) is 25.8 Å². The molecule has 3 heterocycles. The molecule has 2 fully saturated rings. The molecule has 0 spiro atoms. The van der Waals surface area contributed by atoms with E-state index < -0.39 is 108 Å². The van der Waals surface area contributed by atoms with Gasteiger partial charge in [0, 0.05) is 29.0 Å². The number of nitrogen functional groups attached to an aromatic ring is 1. The zero-order chi connectivity index (χ0) is 43.1. The third-order valence-corrected chi connectivity index (χ3v) is 10.4. The van der Waals surface area contributed by atoms with Crippen LogP contribution < -0.4 is 16.4 Å². The van der Waals surface area contributed by atoms with Crippen LogP contribution in [0.15, 0.2) is 47.6 Å². The number of nitrogens with two attached hydrogens (primary N) is 1. The molecule has 1 aliphatic heterocycles. The van der Waals surface area contributed by atoms with Gasteiger partial charge in [0.2, 0.25) is 5.91 Å². The Balaban J connectivity index is 1.36. The number of alkyl halides is 8. The third-order valence-electron chi connectivity index (χ3n) is 10.1. The van der Waals surface area contributed by atoms with Crippen molar-refractivity contribution in [3.63, 3.8) is 0 Å². The van der Waals surface area contributed by atoms with E-state index >= 15 is 8.78 Å². The Hall–Kier alpha value is -5.34. The van der Waals surface area contributed by atoms with Gasteiger partial charge in [-0.2, -0.15) is 36.5 Å². The Morgan fingerprint density at radius 3 is 2.31 bits per heavy atom. The molecular formula is C37H33ClF10N8O3. The summed E-state index contributed by atoms with van der Waals surface area (Å²) in [5.41, 5.74) is 2.75. The van der Waals surface area contributed by atoms with Gasteiger partial charge in [-0.05, 0) is 75.4 Å². The van der Waals surface area contributed by atoms with Crippen molar-refractivity contribution in [3.05, 3.63) is 70.4 Å². The highest BCUT2D eigenvalue weighted by Crippen LogP contribution is 2.66. The molecule has 2 aromatic heterocycles. The lowest BCUT2D eigenvalue weighted by Crippen LogP contribution is -2.49. The molecule has 316 valence electrons. The van der Waals surface area contributed by atoms with Crippen LogP contribution in [-0.4, -0.2) is 73.9 Å². The number of hydrogen-bond donors (Lipinski definition) is 3. The number of hydrogen-bond acceptors (Lipinski definition) is 8. The zero-order valence-electron chi connectivity index (χ0n) is 31.0. The first-order chi connectivity index (χ1) is 27.3. The maximum absolute atomic E-state index is 15.4. The van der Waals surface area contributed by atoms with Crippen LogP contribution in [0.2, 0.25) is 5.02 Å². The summed E-state index contributed by atoms with van der Waals surface area (Å²) in [6.07, 6.45) is -11.6. The van der Waals surface area contributed by atoms with Crippen molar-refractivity contribution in [2.45, 2.75) is 76.1 Å². The fourth-order valence-corrected chi connectivity index (χ4v) is 8.20. The Morgan fingerprint density at radius 1 is 1.02 bits per heavy atom. The van der Waals surface area contributed by atoms with Gasteiger partial charge in [0.05, 0.1) is 27.7 Å². The number of pyridine rings is 1. The van der Waals surface area contributed by atoms with Crippen LogP contribution in [0.3, 0.4) is 0 Å². The SMILES string of the molecule is CC(C)(C)OC(=O)Nc1ccc(-c2ccc(Cl)c3c(N)nn(CC(F)(F)F)c23)c([C@H](Cc2cc(F)cc(F)c2)NC(=O)CN2N=C(C(F)(F)F)C3C2C(F)(F)[C@@H]2C[C@H]32)n1. The van der Waals surface area contributed by atoms with E-state index in [4.69, 9.17) is 22.1 Å². The molecule has 11 nitrogen and oxygen atoms in total. The van der Waals surface area contributed by atoms with Gasteiger partial charge in [-0.15, -0.1) is 0 Å². The molecule has 2 aliphatic carbocycles. The average molecular weight is 863 g/mol. The highest BCUT2D eigenvalue weighted by Gasteiger charge is 2.76. The summed E-state index contributed by atoms with van der Waals surface area (Å²) in [5.74, 6) is -11.6. The van der Waals surface area contributed by atoms with Gasteiger partial charge in [-0.1, -0.05) is 17.7 Å². The highest BCUT2D eigenvalue weighted by atomic mass is 35.5. The summed E-state index contributed by atoms with van der Waals surface area (Å²) in [5, 5.41) is 12.3. The number of benzene rings is 2. The summed E-state index contributed by atoms with van der Waals surface area (Å²) in [4.78, 5) is 31.2. The maximum atomic E-state index is 15.4. The van der Waals surface area contributed by atoms with Crippen molar-refractivity contribution < 1.29 is 58.2 Å². The molecule has 2 unspecified atom stereocenters. The third kappa shape index (κ3) is 8.42. The van der Waals surface area contributed by atoms with Crippen molar-refractivity contribution in [2.75, 3.05) is 17.6 Å². The topological polar surface area (TPSA) is 140 Å². The van der Waals surface area contributed by atoms with Gasteiger partial charge in [-0.25, -0.2) is 27.3 Å². The minimum absolute atomic E-state index is 0.0690. The molecule has 2 aromatic carbocycles. The first kappa shape index (κ1) is 41.8. The quantitative estimate of drug-likeness (QED) is 0.144. The summed E-state index contributed by atoms with van der Waals surface area (Å²) in [7, 11) is 0. The standard InChI is InChI=1S/C37H33ClF10N8O3/c1-34(2,3)59-33(58)52-24-7-5-18(19-4-6-22(38)27-29(19)56(54-32(27)49)14-35(41,42)43)28(51-24)23(10-15-8-16(39)11-17(40)9-15)50-25(57)13-55-31-26(30(53-55)37(46,47)48)20-12-21(20)36(31,44)45/h4-9,11,20-21,23,26,31H,10,12-14H2,1-3H3,(H2,49,54)(H,50,57)(H,51,52,58)/t20-,21+,23-,26?,31?/m0/s1. The second kappa shape index (κ2) is 14.4. The number of halogens is 11. The van der Waals surface area contributed by atoms with Gasteiger partial charge in [0.1, 0.15) is 47.9 Å². The number of hydrazone groups is 1. The number of anilines is 2. The Bertz CT molecular complexity index is 2360. The van der Waals surface area contributed by atoms with E-state index in [9.17, 15) is 44.7 Å². The van der Waals surface area contributed by atoms with E-state index in [1.807, 2.05) is 0 Å². The number of aromatic nitrogens is 3. The smallest absolute Gasteiger partial charge is 0.431 e. The van der Waals surface area contributed by atoms with Gasteiger partial charge < -0.3 is 15.8 Å². The van der Waals surface area contributed by atoms with Crippen LogP contribution in [0, 0.1) is 29.4 Å². The van der Waals surface area contributed by atoms with Crippen LogP contribution in [0.1, 0.15) is 44.5 Å². The lowest BCUT2D eigenvalue weighted by Gasteiger charge is -2.30. The lowest BCUT2D eigenvalue weighted by atomic mass is 9.92. The van der Waals surface area contributed by atoms with Crippen molar-refractivity contribution in [1.82, 2.24) is 25.1 Å². The van der Waals surface area contributed by atoms with Crippen molar-refractivity contribution in [2.24, 2.45) is 22.9 Å². The van der Waals surface area contributed by atoms with Crippen LogP contribution in [0.4, 0.5) is 60.3 Å². The van der Waals surface area contributed by atoms with Gasteiger partial charge in [0.15, 0.2) is 5.82 Å². The molecule has 4 N–H and O–H groups in total. The second-order valence-electron chi connectivity index (χ2n) is 15.6. The van der Waals surface area contributed by atoms with E-state index in [0.29, 0.717) is 15.8 Å². The van der Waals surface area contributed by atoms with E-state index in [1.165, 1.54) is 24.3 Å². The fourth-order valence-electron chi connectivity index (χ4n) is 7.95. The van der Waals surface area contributed by atoms with E-state index in [0.717, 1.165) is 12.1 Å². The number of nitrogens with one attached hydrogen (secondary N) is 2. The summed E-state index contributed by atoms with van der Waals surface area (Å²) >= 11 is 6.38. The van der Waals surface area contributed by atoms with Gasteiger partial charge in [-0.3, -0.25) is 19.8 Å². The monoisotopic (exact) mass is 862 g/mol. The number of rotatable bonds is 9. The molecular weight excluding hydrogens is 830 g/mol. The Kier molecular flexibility index (Phi) is 10.2. The second-order valence-corrected chi connectivity index (χ2v) is 16.0. The first-order valence-electron chi connectivity index (χ1n) is 17.9. The number of nitrogens with zero attached hydrogens (tertiary/aromatic N) is 5. The molecule has 22 heteroatoms. The molecule has 5 atom stereocenters. The van der Waals surface area contributed by atoms with Crippen LogP contribution >= 0.6 is 11.6 Å². The Labute approximate surface area is 332 Å². The largest absolute Gasteiger partial charge is 0.444 e. The lowest BCUT2D eigenvalue weighted by molar-refractivity contribution is -0.141. The maximum Gasteiger partial charge on any atom is 0.431 e.